The molecule has 0 amide bonds. The van der Waals surface area contributed by atoms with E-state index >= 15 is 0 Å². The second-order valence-electron chi connectivity index (χ2n) is 4.25. The highest BCUT2D eigenvalue weighted by atomic mass is 32.1. The van der Waals surface area contributed by atoms with Gasteiger partial charge in [0, 0.05) is 0 Å². The smallest absolute Gasteiger partial charge is 0.354 e. The molecule has 2 heterocycles. The van der Waals surface area contributed by atoms with Crippen molar-refractivity contribution in [3.8, 4) is 0 Å². The maximum atomic E-state index is 12.2. The molecule has 0 spiro atoms. The van der Waals surface area contributed by atoms with Gasteiger partial charge in [0.2, 0.25) is 0 Å². The standard InChI is InChI=1S/C14H10N2O3S/c17-13-10-5-1-2-7-12(10)20-16(13)8-9-4-3-6-11(15-9)14(18)19/h1-7H,8H2,(H,18,19). The van der Waals surface area contributed by atoms with E-state index in [1.165, 1.54) is 17.6 Å². The quantitative estimate of drug-likeness (QED) is 0.801. The molecule has 3 rings (SSSR count). The number of hydrogen-bond donors (Lipinski definition) is 1. The third-order valence-electron chi connectivity index (χ3n) is 2.88. The summed E-state index contributed by atoms with van der Waals surface area (Å²) in [5.74, 6) is -1.07. The monoisotopic (exact) mass is 286 g/mol. The fourth-order valence-electron chi connectivity index (χ4n) is 1.96. The number of carboxylic acids is 1. The minimum Gasteiger partial charge on any atom is -0.477 e. The molecular formula is C14H10N2O3S. The number of aromatic nitrogens is 2. The zero-order chi connectivity index (χ0) is 14.1. The minimum absolute atomic E-state index is 0.0170. The van der Waals surface area contributed by atoms with Gasteiger partial charge in [-0.25, -0.2) is 9.78 Å². The van der Waals surface area contributed by atoms with Crippen molar-refractivity contribution in [2.24, 2.45) is 0 Å². The number of hydrogen-bond acceptors (Lipinski definition) is 4. The van der Waals surface area contributed by atoms with Crippen LogP contribution in [0.3, 0.4) is 0 Å². The van der Waals surface area contributed by atoms with Crippen LogP contribution in [-0.4, -0.2) is 20.0 Å². The minimum atomic E-state index is -1.07. The summed E-state index contributed by atoms with van der Waals surface area (Å²) in [6.45, 7) is 0.277. The molecule has 0 aliphatic rings. The zero-order valence-corrected chi connectivity index (χ0v) is 11.1. The lowest BCUT2D eigenvalue weighted by atomic mass is 10.3. The van der Waals surface area contributed by atoms with Crippen LogP contribution in [0.4, 0.5) is 0 Å². The van der Waals surface area contributed by atoms with E-state index in [1.54, 1.807) is 22.2 Å². The fourth-order valence-corrected chi connectivity index (χ4v) is 2.96. The van der Waals surface area contributed by atoms with Gasteiger partial charge in [0.15, 0.2) is 0 Å². The first kappa shape index (κ1) is 12.6. The number of fused-ring (bicyclic) bond motifs is 1. The van der Waals surface area contributed by atoms with Gasteiger partial charge in [0.05, 0.1) is 22.3 Å². The maximum Gasteiger partial charge on any atom is 0.354 e. The molecule has 20 heavy (non-hydrogen) atoms. The van der Waals surface area contributed by atoms with Gasteiger partial charge in [-0.3, -0.25) is 8.75 Å². The van der Waals surface area contributed by atoms with Gasteiger partial charge in [-0.05, 0) is 24.3 Å². The lowest BCUT2D eigenvalue weighted by molar-refractivity contribution is 0.0690. The summed E-state index contributed by atoms with van der Waals surface area (Å²) in [5.41, 5.74) is 0.461. The first-order chi connectivity index (χ1) is 9.65. The summed E-state index contributed by atoms with van der Waals surface area (Å²) >= 11 is 1.35. The van der Waals surface area contributed by atoms with Crippen molar-refractivity contribution in [1.82, 2.24) is 8.94 Å². The summed E-state index contributed by atoms with van der Waals surface area (Å²) in [6.07, 6.45) is 0. The van der Waals surface area contributed by atoms with Gasteiger partial charge in [-0.15, -0.1) is 0 Å². The number of benzene rings is 1. The van der Waals surface area contributed by atoms with E-state index < -0.39 is 5.97 Å². The Kier molecular flexibility index (Phi) is 3.08. The first-order valence-corrected chi connectivity index (χ1v) is 6.70. The van der Waals surface area contributed by atoms with Crippen LogP contribution in [-0.2, 0) is 6.54 Å². The van der Waals surface area contributed by atoms with Crippen LogP contribution >= 0.6 is 11.5 Å². The summed E-state index contributed by atoms with van der Waals surface area (Å²) in [5, 5.41) is 9.59. The van der Waals surface area contributed by atoms with Crippen LogP contribution in [0, 0.1) is 0 Å². The average molecular weight is 286 g/mol. The molecular weight excluding hydrogens is 276 g/mol. The van der Waals surface area contributed by atoms with Gasteiger partial charge in [-0.1, -0.05) is 29.7 Å². The second-order valence-corrected chi connectivity index (χ2v) is 5.31. The van der Waals surface area contributed by atoms with Gasteiger partial charge >= 0.3 is 5.97 Å². The summed E-state index contributed by atoms with van der Waals surface area (Å²) in [7, 11) is 0. The Morgan fingerprint density at radius 1 is 1.20 bits per heavy atom. The van der Waals surface area contributed by atoms with Crippen molar-refractivity contribution >= 4 is 27.6 Å². The highest BCUT2D eigenvalue weighted by Gasteiger charge is 2.09. The average Bonchev–Trinajstić information content (AvgIpc) is 2.76. The molecule has 0 saturated carbocycles. The number of aromatic carboxylic acids is 1. The van der Waals surface area contributed by atoms with E-state index in [-0.39, 0.29) is 17.8 Å². The Labute approximate surface area is 117 Å². The molecule has 0 radical (unpaired) electrons. The van der Waals surface area contributed by atoms with Crippen molar-refractivity contribution in [2.75, 3.05) is 0 Å². The Morgan fingerprint density at radius 2 is 2.00 bits per heavy atom. The maximum absolute atomic E-state index is 12.2. The predicted octanol–water partition coefficient (Wildman–Crippen LogP) is 2.20. The lowest BCUT2D eigenvalue weighted by Crippen LogP contribution is -2.15. The van der Waals surface area contributed by atoms with Gasteiger partial charge in [-0.2, -0.15) is 0 Å². The molecule has 0 fully saturated rings. The van der Waals surface area contributed by atoms with Crippen LogP contribution in [0.1, 0.15) is 16.2 Å². The number of carboxylic acid groups (broad SMARTS) is 1. The van der Waals surface area contributed by atoms with Crippen molar-refractivity contribution in [2.45, 2.75) is 6.54 Å². The van der Waals surface area contributed by atoms with Crippen LogP contribution in [0.5, 0.6) is 0 Å². The molecule has 0 saturated heterocycles. The Hall–Kier alpha value is -2.47. The molecule has 0 unspecified atom stereocenters. The third-order valence-corrected chi connectivity index (χ3v) is 3.95. The van der Waals surface area contributed by atoms with E-state index in [2.05, 4.69) is 4.98 Å². The molecule has 0 aliphatic heterocycles. The molecule has 1 N–H and O–H groups in total. The Morgan fingerprint density at radius 3 is 2.75 bits per heavy atom. The van der Waals surface area contributed by atoms with Crippen molar-refractivity contribution in [3.63, 3.8) is 0 Å². The molecule has 3 aromatic rings. The van der Waals surface area contributed by atoms with Gasteiger partial charge in [0.25, 0.3) is 5.56 Å². The lowest BCUT2D eigenvalue weighted by Gasteiger charge is -2.01. The Bertz CT molecular complexity index is 851. The van der Waals surface area contributed by atoms with Crippen LogP contribution in [0.25, 0.3) is 10.1 Å². The summed E-state index contributed by atoms with van der Waals surface area (Å²) < 4.78 is 2.49. The second kappa shape index (κ2) is 4.90. The largest absolute Gasteiger partial charge is 0.477 e. The van der Waals surface area contributed by atoms with E-state index in [9.17, 15) is 9.59 Å². The molecule has 100 valence electrons. The zero-order valence-electron chi connectivity index (χ0n) is 10.3. The highest BCUT2D eigenvalue weighted by Crippen LogP contribution is 2.16. The van der Waals surface area contributed by atoms with E-state index in [0.717, 1.165) is 4.70 Å². The van der Waals surface area contributed by atoms with Crippen molar-refractivity contribution in [3.05, 3.63) is 64.2 Å². The van der Waals surface area contributed by atoms with Crippen LogP contribution in [0.2, 0.25) is 0 Å². The number of nitrogens with zero attached hydrogens (tertiary/aromatic N) is 2. The topological polar surface area (TPSA) is 72.2 Å². The third kappa shape index (κ3) is 2.21. The highest BCUT2D eigenvalue weighted by molar-refractivity contribution is 7.13. The van der Waals surface area contributed by atoms with Crippen molar-refractivity contribution in [1.29, 1.82) is 0 Å². The predicted molar refractivity (Wildman–Crippen MR) is 76.4 cm³/mol. The van der Waals surface area contributed by atoms with Crippen molar-refractivity contribution < 1.29 is 9.90 Å². The van der Waals surface area contributed by atoms with Crippen LogP contribution in [0.15, 0.2) is 47.3 Å². The Balaban J connectivity index is 2.01. The van der Waals surface area contributed by atoms with Gasteiger partial charge < -0.3 is 5.11 Å². The molecule has 0 bridgehead atoms. The molecule has 6 heteroatoms. The van der Waals surface area contributed by atoms with E-state index in [1.807, 2.05) is 18.2 Å². The number of rotatable bonds is 3. The van der Waals surface area contributed by atoms with Gasteiger partial charge in [0.1, 0.15) is 5.69 Å². The van der Waals surface area contributed by atoms with E-state index in [0.29, 0.717) is 11.1 Å². The van der Waals surface area contributed by atoms with Crippen LogP contribution < -0.4 is 5.56 Å². The molecule has 0 aliphatic carbocycles. The van der Waals surface area contributed by atoms with E-state index in [4.69, 9.17) is 5.11 Å². The molecule has 2 aromatic heterocycles. The number of pyridine rings is 1. The fraction of sp³-hybridized carbons (Fsp3) is 0.0714. The molecule has 0 atom stereocenters. The number of carbonyl (C=O) groups is 1. The summed E-state index contributed by atoms with van der Waals surface area (Å²) in [4.78, 5) is 27.1. The molecule has 5 nitrogen and oxygen atoms in total. The SMILES string of the molecule is O=C(O)c1cccc(Cn2sc3ccccc3c2=O)n1. The molecule has 1 aromatic carbocycles. The first-order valence-electron chi connectivity index (χ1n) is 5.93. The summed E-state index contributed by atoms with van der Waals surface area (Å²) in [6, 6.07) is 12.1. The normalized spacial score (nSPS) is 10.8.